The minimum absolute atomic E-state index is 0.0244. The first-order chi connectivity index (χ1) is 18.6. The maximum Gasteiger partial charge on any atom is 0.410 e. The van der Waals surface area contributed by atoms with E-state index < -0.39 is 0 Å². The molecule has 0 aliphatic carbocycles. The Morgan fingerprint density at radius 3 is 2.84 bits per heavy atom. The van der Waals surface area contributed by atoms with E-state index in [9.17, 15) is 9.59 Å². The maximum atomic E-state index is 13.2. The number of carbonyl (C=O) groups is 2. The molecule has 0 bridgehead atoms. The molecule has 2 atom stereocenters. The van der Waals surface area contributed by atoms with E-state index in [4.69, 9.17) is 14.5 Å². The van der Waals surface area contributed by atoms with Crippen molar-refractivity contribution >= 4 is 34.9 Å². The second kappa shape index (κ2) is 10.4. The molecule has 3 aliphatic heterocycles. The topological polar surface area (TPSA) is 113 Å². The quantitative estimate of drug-likeness (QED) is 0.531. The summed E-state index contributed by atoms with van der Waals surface area (Å²) in [5.41, 5.74) is 4.30. The van der Waals surface area contributed by atoms with Crippen LogP contribution in [0.15, 0.2) is 48.7 Å². The van der Waals surface area contributed by atoms with E-state index in [1.807, 2.05) is 60.5 Å². The molecule has 2 saturated heterocycles. The number of pyridine rings is 1. The van der Waals surface area contributed by atoms with Gasteiger partial charge in [-0.25, -0.2) is 9.31 Å². The summed E-state index contributed by atoms with van der Waals surface area (Å²) in [6.07, 6.45) is 4.41. The molecule has 38 heavy (non-hydrogen) atoms. The number of aromatic nitrogens is 3. The maximum absolute atomic E-state index is 13.2. The number of fused-ring (bicyclic) bond motifs is 2. The number of benzene rings is 1. The third kappa shape index (κ3) is 4.70. The van der Waals surface area contributed by atoms with Crippen molar-refractivity contribution in [3.05, 3.63) is 59.8 Å². The Hall–Kier alpha value is -3.96. The first kappa shape index (κ1) is 24.4. The van der Waals surface area contributed by atoms with Gasteiger partial charge < -0.3 is 29.9 Å². The van der Waals surface area contributed by atoms with Gasteiger partial charge in [0.2, 0.25) is 5.95 Å². The highest BCUT2D eigenvalue weighted by molar-refractivity contribution is 5.95. The number of ether oxygens (including phenoxy) is 2. The third-order valence-electron chi connectivity index (χ3n) is 7.28. The number of nitrogens with zero attached hydrogens (tertiary/aromatic N) is 5. The Bertz CT molecular complexity index is 1370. The molecule has 2 unspecified atom stereocenters. The predicted octanol–water partition coefficient (Wildman–Crippen LogP) is 2.53. The van der Waals surface area contributed by atoms with Crippen molar-refractivity contribution in [2.24, 2.45) is 0 Å². The fourth-order valence-corrected chi connectivity index (χ4v) is 5.34. The SMILES string of the molecule is CCOC(=O)N1CC=C(c2cccn3nc(Nc4ccc(C(=O)N5CCOC6CNCC65)cc4)nc23)CC1. The van der Waals surface area contributed by atoms with Crippen LogP contribution in [0.1, 0.15) is 29.3 Å². The molecule has 5 heterocycles. The van der Waals surface area contributed by atoms with Gasteiger partial charge in [-0.15, -0.1) is 5.10 Å². The molecule has 0 saturated carbocycles. The van der Waals surface area contributed by atoms with E-state index in [0.29, 0.717) is 50.8 Å². The summed E-state index contributed by atoms with van der Waals surface area (Å²) >= 11 is 0. The van der Waals surface area contributed by atoms with E-state index >= 15 is 0 Å². The van der Waals surface area contributed by atoms with Crippen molar-refractivity contribution in [2.75, 3.05) is 51.3 Å². The first-order valence-corrected chi connectivity index (χ1v) is 13.1. The van der Waals surface area contributed by atoms with E-state index in [2.05, 4.69) is 15.7 Å². The summed E-state index contributed by atoms with van der Waals surface area (Å²) in [6, 6.07) is 11.5. The summed E-state index contributed by atoms with van der Waals surface area (Å²) in [4.78, 5) is 33.5. The molecule has 2 N–H and O–H groups in total. The normalized spacial score (nSPS) is 21.2. The van der Waals surface area contributed by atoms with Gasteiger partial charge >= 0.3 is 6.09 Å². The Labute approximate surface area is 220 Å². The Kier molecular flexibility index (Phi) is 6.69. The third-order valence-corrected chi connectivity index (χ3v) is 7.28. The van der Waals surface area contributed by atoms with Crippen molar-refractivity contribution in [2.45, 2.75) is 25.5 Å². The van der Waals surface area contributed by atoms with Crippen LogP contribution in [0.25, 0.3) is 11.2 Å². The molecular formula is C27H31N7O4. The van der Waals surface area contributed by atoms with Crippen LogP contribution in [-0.4, -0.2) is 94.5 Å². The molecule has 11 nitrogen and oxygen atoms in total. The lowest BCUT2D eigenvalue weighted by Gasteiger charge is -2.37. The molecule has 3 aliphatic rings. The Balaban J connectivity index is 1.15. The molecule has 11 heteroatoms. The minimum Gasteiger partial charge on any atom is -0.450 e. The van der Waals surface area contributed by atoms with Crippen LogP contribution in [-0.2, 0) is 9.47 Å². The molecule has 6 rings (SSSR count). The van der Waals surface area contributed by atoms with Crippen LogP contribution >= 0.6 is 0 Å². The van der Waals surface area contributed by atoms with E-state index in [1.165, 1.54) is 0 Å². The van der Waals surface area contributed by atoms with Crippen LogP contribution in [0.4, 0.5) is 16.4 Å². The molecular weight excluding hydrogens is 486 g/mol. The standard InChI is InChI=1S/C27H31N7O4/c1-2-37-27(36)32-12-9-18(10-13-32)21-4-3-11-34-24(21)30-26(31-34)29-20-7-5-19(6-8-20)25(35)33-14-15-38-23-17-28-16-22(23)33/h3-9,11,22-23,28H,2,10,12-17H2,1H3,(H,29,31). The number of carbonyl (C=O) groups excluding carboxylic acids is 2. The van der Waals surface area contributed by atoms with Gasteiger partial charge in [-0.05, 0) is 55.3 Å². The van der Waals surface area contributed by atoms with Crippen LogP contribution < -0.4 is 10.6 Å². The Morgan fingerprint density at radius 1 is 1.18 bits per heavy atom. The lowest BCUT2D eigenvalue weighted by atomic mass is 10.0. The number of rotatable bonds is 5. The van der Waals surface area contributed by atoms with Crippen molar-refractivity contribution in [3.63, 3.8) is 0 Å². The summed E-state index contributed by atoms with van der Waals surface area (Å²) in [5.74, 6) is 0.491. The highest BCUT2D eigenvalue weighted by Crippen LogP contribution is 2.27. The van der Waals surface area contributed by atoms with Gasteiger partial charge in [0.1, 0.15) is 0 Å². The van der Waals surface area contributed by atoms with Crippen LogP contribution in [0.3, 0.4) is 0 Å². The summed E-state index contributed by atoms with van der Waals surface area (Å²) in [7, 11) is 0. The fourth-order valence-electron chi connectivity index (χ4n) is 5.34. The average Bonchev–Trinajstić information content (AvgIpc) is 3.60. The van der Waals surface area contributed by atoms with Gasteiger partial charge in [-0.2, -0.15) is 4.98 Å². The highest BCUT2D eigenvalue weighted by atomic mass is 16.6. The number of hydrogen-bond donors (Lipinski definition) is 2. The van der Waals surface area contributed by atoms with Crippen LogP contribution in [0, 0.1) is 0 Å². The number of morpholine rings is 1. The summed E-state index contributed by atoms with van der Waals surface area (Å²) in [6.45, 7) is 5.99. The lowest BCUT2D eigenvalue weighted by molar-refractivity contribution is -0.0364. The smallest absolute Gasteiger partial charge is 0.410 e. The van der Waals surface area contributed by atoms with Crippen molar-refractivity contribution in [1.82, 2.24) is 29.7 Å². The first-order valence-electron chi connectivity index (χ1n) is 13.1. The molecule has 2 aromatic heterocycles. The molecule has 0 spiro atoms. The van der Waals surface area contributed by atoms with Crippen molar-refractivity contribution < 1.29 is 19.1 Å². The van der Waals surface area contributed by atoms with E-state index in [-0.39, 0.29) is 24.1 Å². The summed E-state index contributed by atoms with van der Waals surface area (Å²) < 4.78 is 12.7. The van der Waals surface area contributed by atoms with Crippen LogP contribution in [0.5, 0.6) is 0 Å². The number of anilines is 2. The number of hydrogen-bond acceptors (Lipinski definition) is 8. The second-order valence-electron chi connectivity index (χ2n) is 9.59. The predicted molar refractivity (Wildman–Crippen MR) is 141 cm³/mol. The van der Waals surface area contributed by atoms with Crippen LogP contribution in [0.2, 0.25) is 0 Å². The zero-order valence-corrected chi connectivity index (χ0v) is 21.3. The van der Waals surface area contributed by atoms with Gasteiger partial charge in [0.05, 0.1) is 25.4 Å². The number of amides is 2. The second-order valence-corrected chi connectivity index (χ2v) is 9.59. The molecule has 2 fully saturated rings. The Morgan fingerprint density at radius 2 is 2.05 bits per heavy atom. The van der Waals surface area contributed by atoms with E-state index in [1.54, 1.807) is 9.42 Å². The highest BCUT2D eigenvalue weighted by Gasteiger charge is 2.38. The zero-order chi connectivity index (χ0) is 26.1. The van der Waals surface area contributed by atoms with Crippen molar-refractivity contribution in [1.29, 1.82) is 0 Å². The van der Waals surface area contributed by atoms with E-state index in [0.717, 1.165) is 35.6 Å². The lowest BCUT2D eigenvalue weighted by Crippen LogP contribution is -2.53. The molecule has 2 amide bonds. The average molecular weight is 518 g/mol. The van der Waals surface area contributed by atoms with Gasteiger partial charge in [0.15, 0.2) is 5.65 Å². The molecule has 198 valence electrons. The number of nitrogens with one attached hydrogen (secondary N) is 2. The van der Waals surface area contributed by atoms with Gasteiger partial charge in [-0.1, -0.05) is 6.08 Å². The molecule has 1 aromatic carbocycles. The largest absolute Gasteiger partial charge is 0.450 e. The van der Waals surface area contributed by atoms with Crippen molar-refractivity contribution in [3.8, 4) is 0 Å². The molecule has 0 radical (unpaired) electrons. The molecule has 3 aromatic rings. The minimum atomic E-state index is -0.285. The van der Waals surface area contributed by atoms with Gasteiger partial charge in [0, 0.05) is 55.7 Å². The fraction of sp³-hybridized carbons (Fsp3) is 0.407. The van der Waals surface area contributed by atoms with Gasteiger partial charge in [-0.3, -0.25) is 4.79 Å². The summed E-state index contributed by atoms with van der Waals surface area (Å²) in [5, 5.41) is 11.2. The van der Waals surface area contributed by atoms with Gasteiger partial charge in [0.25, 0.3) is 5.91 Å². The monoisotopic (exact) mass is 517 g/mol. The zero-order valence-electron chi connectivity index (χ0n) is 21.3.